The van der Waals surface area contributed by atoms with Crippen molar-refractivity contribution in [2.75, 3.05) is 28.1 Å². The molecule has 3 rings (SSSR count). The number of aliphatic hydroxyl groups is 2. The Hall–Kier alpha value is -1.64. The first-order valence-corrected chi connectivity index (χ1v) is 13.9. The van der Waals surface area contributed by atoms with Crippen LogP contribution < -0.4 is 5.32 Å². The summed E-state index contributed by atoms with van der Waals surface area (Å²) in [5.41, 5.74) is 0.233. The molecule has 230 valence electrons. The van der Waals surface area contributed by atoms with Crippen LogP contribution in [0.15, 0.2) is 12.2 Å². The maximum absolute atomic E-state index is 13.3. The van der Waals surface area contributed by atoms with E-state index in [0.717, 1.165) is 5.57 Å². The van der Waals surface area contributed by atoms with Crippen molar-refractivity contribution in [3.05, 3.63) is 12.2 Å². The molecular formula is C28H47NO11. The average Bonchev–Trinajstić information content (AvgIpc) is 2.91. The van der Waals surface area contributed by atoms with Gasteiger partial charge in [0.2, 0.25) is 5.79 Å². The van der Waals surface area contributed by atoms with Gasteiger partial charge in [0.25, 0.3) is 5.91 Å². The lowest BCUT2D eigenvalue weighted by Gasteiger charge is -2.54. The smallest absolute Gasteiger partial charge is 0.305 e. The molecule has 3 aliphatic rings. The second-order valence-electron chi connectivity index (χ2n) is 11.6. The van der Waals surface area contributed by atoms with E-state index < -0.39 is 60.0 Å². The Kier molecular flexibility index (Phi) is 11.1. The van der Waals surface area contributed by atoms with Crippen molar-refractivity contribution < 1.29 is 53.0 Å². The second-order valence-corrected chi connectivity index (χ2v) is 11.6. The van der Waals surface area contributed by atoms with Gasteiger partial charge in [-0.2, -0.15) is 0 Å². The molecule has 3 aliphatic heterocycles. The van der Waals surface area contributed by atoms with E-state index in [1.54, 1.807) is 7.11 Å². The molecule has 0 aromatic heterocycles. The van der Waals surface area contributed by atoms with Crippen molar-refractivity contribution in [1.82, 2.24) is 5.32 Å². The first-order chi connectivity index (χ1) is 18.8. The average molecular weight is 574 g/mol. The molecule has 12 heteroatoms. The van der Waals surface area contributed by atoms with Crippen LogP contribution in [0.1, 0.15) is 59.8 Å². The Morgan fingerprint density at radius 3 is 2.45 bits per heavy atom. The maximum atomic E-state index is 13.3. The Morgan fingerprint density at radius 1 is 1.15 bits per heavy atom. The minimum Gasteiger partial charge on any atom is -0.469 e. The molecule has 0 radical (unpaired) electrons. The number of nitrogens with one attached hydrogen (secondary N) is 1. The number of fused-ring (bicyclic) bond motifs is 1. The lowest BCUT2D eigenvalue weighted by molar-refractivity contribution is -0.332. The molecule has 3 fully saturated rings. The van der Waals surface area contributed by atoms with E-state index in [0.29, 0.717) is 12.8 Å². The lowest BCUT2D eigenvalue weighted by Crippen LogP contribution is -2.69. The van der Waals surface area contributed by atoms with Crippen molar-refractivity contribution in [3.63, 3.8) is 0 Å². The molecule has 40 heavy (non-hydrogen) atoms. The number of esters is 1. The van der Waals surface area contributed by atoms with Crippen LogP contribution >= 0.6 is 0 Å². The molecule has 3 saturated heterocycles. The van der Waals surface area contributed by atoms with Crippen molar-refractivity contribution in [2.24, 2.45) is 11.3 Å². The number of aliphatic hydroxyl groups excluding tert-OH is 2. The second kappa shape index (κ2) is 13.6. The van der Waals surface area contributed by atoms with E-state index in [4.69, 9.17) is 28.4 Å². The number of hydrogen-bond donors (Lipinski definition) is 3. The van der Waals surface area contributed by atoms with E-state index in [-0.39, 0.29) is 44.0 Å². The van der Waals surface area contributed by atoms with Gasteiger partial charge in [0.1, 0.15) is 19.0 Å². The van der Waals surface area contributed by atoms with Gasteiger partial charge in [0.05, 0.1) is 31.5 Å². The maximum Gasteiger partial charge on any atom is 0.305 e. The number of amides is 1. The molecule has 3 heterocycles. The summed E-state index contributed by atoms with van der Waals surface area (Å²) < 4.78 is 40.1. The fourth-order valence-corrected chi connectivity index (χ4v) is 5.88. The highest BCUT2D eigenvalue weighted by molar-refractivity contribution is 5.82. The van der Waals surface area contributed by atoms with Gasteiger partial charge in [-0.3, -0.25) is 9.59 Å². The number of carbonyl (C=O) groups excluding carboxylic acids is 2. The van der Waals surface area contributed by atoms with Crippen LogP contribution in [0.5, 0.6) is 0 Å². The van der Waals surface area contributed by atoms with E-state index >= 15 is 0 Å². The Bertz CT molecular complexity index is 897. The first-order valence-electron chi connectivity index (χ1n) is 13.9. The van der Waals surface area contributed by atoms with Crippen molar-refractivity contribution in [3.8, 4) is 0 Å². The van der Waals surface area contributed by atoms with Gasteiger partial charge in [0.15, 0.2) is 12.3 Å². The zero-order valence-electron chi connectivity index (χ0n) is 24.7. The summed E-state index contributed by atoms with van der Waals surface area (Å²) in [4.78, 5) is 24.8. The molecule has 0 aromatic carbocycles. The first kappa shape index (κ1) is 32.9. The highest BCUT2D eigenvalue weighted by atomic mass is 16.7. The van der Waals surface area contributed by atoms with Gasteiger partial charge < -0.3 is 48.7 Å². The Morgan fingerprint density at radius 2 is 1.85 bits per heavy atom. The van der Waals surface area contributed by atoms with E-state index in [1.165, 1.54) is 14.2 Å². The molecule has 0 unspecified atom stereocenters. The third-order valence-electron chi connectivity index (χ3n) is 8.70. The van der Waals surface area contributed by atoms with Crippen molar-refractivity contribution in [1.29, 1.82) is 0 Å². The summed E-state index contributed by atoms with van der Waals surface area (Å²) in [5.74, 6) is -2.65. The molecule has 12 nitrogen and oxygen atoms in total. The fraction of sp³-hybridized carbons (Fsp3) is 0.857. The Labute approximate surface area is 236 Å². The summed E-state index contributed by atoms with van der Waals surface area (Å²) in [5, 5.41) is 24.6. The zero-order chi connectivity index (χ0) is 29.8. The van der Waals surface area contributed by atoms with Gasteiger partial charge in [-0.25, -0.2) is 0 Å². The normalized spacial score (nSPS) is 37.2. The van der Waals surface area contributed by atoms with E-state index in [1.807, 2.05) is 27.7 Å². The predicted molar refractivity (Wildman–Crippen MR) is 142 cm³/mol. The van der Waals surface area contributed by atoms with Gasteiger partial charge in [0, 0.05) is 44.8 Å². The van der Waals surface area contributed by atoms with Crippen LogP contribution in [-0.2, 0) is 42.7 Å². The van der Waals surface area contributed by atoms with Crippen LogP contribution in [0.3, 0.4) is 0 Å². The molecule has 0 bridgehead atoms. The van der Waals surface area contributed by atoms with Gasteiger partial charge in [-0.05, 0) is 19.8 Å². The fourth-order valence-electron chi connectivity index (χ4n) is 5.88. The number of methoxy groups -OCH3 is 3. The predicted octanol–water partition coefficient (Wildman–Crippen LogP) is 1.41. The molecular weight excluding hydrogens is 526 g/mol. The lowest BCUT2D eigenvalue weighted by atomic mass is 9.72. The minimum absolute atomic E-state index is 0.0378. The van der Waals surface area contributed by atoms with Crippen LogP contribution in [0.25, 0.3) is 0 Å². The van der Waals surface area contributed by atoms with E-state index in [9.17, 15) is 19.8 Å². The van der Waals surface area contributed by atoms with Gasteiger partial charge in [-0.1, -0.05) is 32.9 Å². The van der Waals surface area contributed by atoms with Crippen molar-refractivity contribution >= 4 is 11.9 Å². The van der Waals surface area contributed by atoms with Gasteiger partial charge in [-0.15, -0.1) is 0 Å². The summed E-state index contributed by atoms with van der Waals surface area (Å²) in [6.07, 6.45) is -4.59. The SMILES string of the molecule is C=C1C[C@](OC)([C@H](O)C(=O)N[C@H]2OCO[C@H]3[C@H]2O[C@H](C[C@H](O)CCCC(=O)OC)C(C)(C)[C@@H]3OC)O[C@H](C)[C@@H]1C. The van der Waals surface area contributed by atoms with Crippen LogP contribution in [-0.4, -0.2) is 105 Å². The molecule has 0 spiro atoms. The van der Waals surface area contributed by atoms with Crippen LogP contribution in [0, 0.1) is 11.3 Å². The summed E-state index contributed by atoms with van der Waals surface area (Å²) in [6, 6.07) is 0. The third-order valence-corrected chi connectivity index (χ3v) is 8.70. The molecule has 0 saturated carbocycles. The zero-order valence-corrected chi connectivity index (χ0v) is 24.7. The van der Waals surface area contributed by atoms with E-state index in [2.05, 4.69) is 16.6 Å². The summed E-state index contributed by atoms with van der Waals surface area (Å²) >= 11 is 0. The Balaban J connectivity index is 1.74. The molecule has 0 aromatic rings. The third kappa shape index (κ3) is 6.87. The molecule has 1 amide bonds. The highest BCUT2D eigenvalue weighted by Gasteiger charge is 2.57. The number of rotatable bonds is 11. The molecule has 3 N–H and O–H groups in total. The summed E-state index contributed by atoms with van der Waals surface area (Å²) in [6.45, 7) is 11.7. The standard InChI is InChI=1S/C28H47NO11/c1-15-13-28(36-8,40-17(3)16(15)2)23(32)25(33)29-26-22-21(37-14-38-26)24(35-7)27(4,5)19(39-22)12-18(30)10-9-11-20(31)34-6/h16-19,21-24,26,30,32H,1,9-14H2,2-8H3,(H,29,33)/t16-,17-,18-,19-,21+,22-,23-,24-,26+,28-/m1/s1. The quantitative estimate of drug-likeness (QED) is 0.243. The topological polar surface area (TPSA) is 151 Å². The van der Waals surface area contributed by atoms with Crippen LogP contribution in [0.2, 0.25) is 0 Å². The van der Waals surface area contributed by atoms with Crippen molar-refractivity contribution in [2.45, 2.75) is 115 Å². The van der Waals surface area contributed by atoms with Crippen LogP contribution in [0.4, 0.5) is 0 Å². The summed E-state index contributed by atoms with van der Waals surface area (Å²) in [7, 11) is 4.28. The van der Waals surface area contributed by atoms with Gasteiger partial charge >= 0.3 is 5.97 Å². The number of hydrogen-bond acceptors (Lipinski definition) is 11. The molecule has 10 atom stereocenters. The minimum atomic E-state index is -1.68. The highest BCUT2D eigenvalue weighted by Crippen LogP contribution is 2.44. The monoisotopic (exact) mass is 573 g/mol. The number of ether oxygens (including phenoxy) is 7. The largest absolute Gasteiger partial charge is 0.469 e. The number of carbonyl (C=O) groups is 2. The molecule has 0 aliphatic carbocycles.